The van der Waals surface area contributed by atoms with Gasteiger partial charge in [-0.2, -0.15) is 0 Å². The molecule has 0 N–H and O–H groups in total. The van der Waals surface area contributed by atoms with Crippen molar-refractivity contribution in [3.8, 4) is 0 Å². The Balaban J connectivity index is 0. The predicted octanol–water partition coefficient (Wildman–Crippen LogP) is 1.37. The van der Waals surface area contributed by atoms with E-state index in [0.717, 1.165) is 4.82 Å². The molecule has 0 heterocycles. The van der Waals surface area contributed by atoms with E-state index in [2.05, 4.69) is 29.9 Å². The summed E-state index contributed by atoms with van der Waals surface area (Å²) < 4.78 is 0. The molecule has 0 bridgehead atoms. The molecule has 1 unspecified atom stereocenters. The Morgan fingerprint density at radius 3 is 1.83 bits per heavy atom. The Labute approximate surface area is 63.4 Å². The largest absolute Gasteiger partial charge is 0 e. The second kappa shape index (κ2) is 6.26. The molecule has 0 aromatic carbocycles. The summed E-state index contributed by atoms with van der Waals surface area (Å²) in [6.07, 6.45) is 1.25. The van der Waals surface area contributed by atoms with Crippen molar-refractivity contribution in [2.24, 2.45) is 0 Å². The number of hydrogen-bond donors (Lipinski definition) is 0. The van der Waals surface area contributed by atoms with Gasteiger partial charge in [0, 0.05) is 22.4 Å². The van der Waals surface area contributed by atoms with Crippen LogP contribution >= 0.6 is 0 Å². The van der Waals surface area contributed by atoms with E-state index >= 15 is 0 Å². The van der Waals surface area contributed by atoms with Crippen LogP contribution in [-0.4, -0.2) is 16.0 Å². The molecule has 0 aliphatic carbocycles. The third-order valence-corrected chi connectivity index (χ3v) is 1.27. The quantitative estimate of drug-likeness (QED) is 0.636. The zero-order valence-electron chi connectivity index (χ0n) is 3.99. The molecule has 0 nitrogen and oxygen atoms in total. The van der Waals surface area contributed by atoms with Crippen LogP contribution in [0.15, 0.2) is 0 Å². The van der Waals surface area contributed by atoms with Gasteiger partial charge in [-0.3, -0.25) is 0 Å². The van der Waals surface area contributed by atoms with Gasteiger partial charge in [-0.1, -0.05) is 0 Å². The molecule has 2 radical (unpaired) electrons. The SMILES string of the molecule is CCC(C)[Se].[Au]. The summed E-state index contributed by atoms with van der Waals surface area (Å²) in [7, 11) is 0. The molecular formula is C4H9AuSe. The van der Waals surface area contributed by atoms with E-state index in [1.54, 1.807) is 0 Å². The van der Waals surface area contributed by atoms with Gasteiger partial charge in [0.2, 0.25) is 0 Å². The van der Waals surface area contributed by atoms with Crippen LogP contribution in [0.25, 0.3) is 0 Å². The van der Waals surface area contributed by atoms with Crippen molar-refractivity contribution in [3.05, 3.63) is 0 Å². The van der Waals surface area contributed by atoms with E-state index < -0.39 is 0 Å². The topological polar surface area (TPSA) is 0 Å². The van der Waals surface area contributed by atoms with Gasteiger partial charge in [-0.25, -0.2) is 0 Å². The third-order valence-electron chi connectivity index (χ3n) is 0.575. The first kappa shape index (κ1) is 10.3. The fourth-order valence-corrected chi connectivity index (χ4v) is 0. The van der Waals surface area contributed by atoms with E-state index in [9.17, 15) is 0 Å². The minimum absolute atomic E-state index is 0. The van der Waals surface area contributed by atoms with Gasteiger partial charge >= 0.3 is 41.1 Å². The normalized spacial score (nSPS) is 12.5. The first-order chi connectivity index (χ1) is 2.27. The Bertz CT molecular complexity index is 21.5. The molecule has 1 atom stereocenters. The average molecular weight is 333 g/mol. The van der Waals surface area contributed by atoms with Gasteiger partial charge in [-0.15, -0.1) is 0 Å². The van der Waals surface area contributed by atoms with Gasteiger partial charge in [-0.05, 0) is 0 Å². The summed E-state index contributed by atoms with van der Waals surface area (Å²) in [6.45, 7) is 4.33. The molecule has 0 aliphatic heterocycles. The smallest absolute Gasteiger partial charge is 0 e. The van der Waals surface area contributed by atoms with Crippen LogP contribution in [-0.2, 0) is 22.4 Å². The molecule has 0 rings (SSSR count). The number of rotatable bonds is 1. The molecule has 42 valence electrons. The van der Waals surface area contributed by atoms with E-state index in [0.29, 0.717) is 0 Å². The van der Waals surface area contributed by atoms with Crippen LogP contribution in [0.5, 0.6) is 0 Å². The maximum Gasteiger partial charge on any atom is 0 e. The fourth-order valence-electron chi connectivity index (χ4n) is 0. The summed E-state index contributed by atoms with van der Waals surface area (Å²) in [6, 6.07) is 0. The Morgan fingerprint density at radius 2 is 1.83 bits per heavy atom. The van der Waals surface area contributed by atoms with Crippen LogP contribution in [0.4, 0.5) is 0 Å². The first-order valence-electron chi connectivity index (χ1n) is 1.93. The average Bonchev–Trinajstić information content (AvgIpc) is 1.38. The van der Waals surface area contributed by atoms with Crippen molar-refractivity contribution in [2.75, 3.05) is 0 Å². The van der Waals surface area contributed by atoms with E-state index in [1.807, 2.05) is 0 Å². The van der Waals surface area contributed by atoms with Gasteiger partial charge < -0.3 is 0 Å². The third kappa shape index (κ3) is 8.98. The molecular weight excluding hydrogens is 324 g/mol. The van der Waals surface area contributed by atoms with Crippen LogP contribution in [0, 0.1) is 0 Å². The molecule has 0 aliphatic rings. The maximum absolute atomic E-state index is 2.99. The second-order valence-electron chi connectivity index (χ2n) is 1.22. The van der Waals surface area contributed by atoms with Crippen molar-refractivity contribution in [1.82, 2.24) is 0 Å². The molecule has 0 amide bonds. The summed E-state index contributed by atoms with van der Waals surface area (Å²) in [5.41, 5.74) is 0. The summed E-state index contributed by atoms with van der Waals surface area (Å²) in [5.74, 6) is 0. The van der Waals surface area contributed by atoms with Crippen molar-refractivity contribution in [3.63, 3.8) is 0 Å². The number of hydrogen-bond acceptors (Lipinski definition) is 0. The predicted molar refractivity (Wildman–Crippen MR) is 25.5 cm³/mol. The molecule has 0 saturated heterocycles. The molecule has 2 heteroatoms. The van der Waals surface area contributed by atoms with E-state index in [4.69, 9.17) is 0 Å². The Morgan fingerprint density at radius 1 is 1.67 bits per heavy atom. The monoisotopic (exact) mass is 334 g/mol. The van der Waals surface area contributed by atoms with Gasteiger partial charge in [0.25, 0.3) is 0 Å². The Hall–Kier alpha value is 1.26. The second-order valence-corrected chi connectivity index (χ2v) is 2.91. The fraction of sp³-hybridized carbons (Fsp3) is 1.00. The first-order valence-corrected chi connectivity index (χ1v) is 2.92. The van der Waals surface area contributed by atoms with E-state index in [-0.39, 0.29) is 22.4 Å². The molecule has 0 spiro atoms. The van der Waals surface area contributed by atoms with E-state index in [1.165, 1.54) is 6.42 Å². The van der Waals surface area contributed by atoms with Gasteiger partial charge in [0.15, 0.2) is 0 Å². The molecule has 6 heavy (non-hydrogen) atoms. The minimum Gasteiger partial charge on any atom is 0 e. The maximum atomic E-state index is 2.99. The van der Waals surface area contributed by atoms with Crippen molar-refractivity contribution >= 4 is 16.0 Å². The van der Waals surface area contributed by atoms with Gasteiger partial charge in [0.1, 0.15) is 0 Å². The standard InChI is InChI=1S/C4H9Se.Au/c1-3-4(2)5;/h4H,3H2,1-2H3;. The molecule has 0 aromatic rings. The van der Waals surface area contributed by atoms with Crippen LogP contribution < -0.4 is 0 Å². The molecule has 0 saturated carbocycles. The summed E-state index contributed by atoms with van der Waals surface area (Å²) in [4.78, 5) is 0.759. The van der Waals surface area contributed by atoms with Crippen molar-refractivity contribution in [1.29, 1.82) is 0 Å². The van der Waals surface area contributed by atoms with Crippen LogP contribution in [0.2, 0.25) is 4.82 Å². The zero-order chi connectivity index (χ0) is 4.28. The van der Waals surface area contributed by atoms with Crippen LogP contribution in [0.3, 0.4) is 0 Å². The molecule has 0 aromatic heterocycles. The van der Waals surface area contributed by atoms with Crippen molar-refractivity contribution < 1.29 is 22.4 Å². The summed E-state index contributed by atoms with van der Waals surface area (Å²) in [5, 5.41) is 0. The van der Waals surface area contributed by atoms with Crippen molar-refractivity contribution in [2.45, 2.75) is 25.1 Å². The molecule has 0 fully saturated rings. The summed E-state index contributed by atoms with van der Waals surface area (Å²) >= 11 is 2.99. The zero-order valence-corrected chi connectivity index (χ0v) is 7.87. The van der Waals surface area contributed by atoms with Crippen LogP contribution in [0.1, 0.15) is 20.3 Å². The Kier molecular flexibility index (Phi) is 10.7. The minimum atomic E-state index is 0. The van der Waals surface area contributed by atoms with Gasteiger partial charge in [0.05, 0.1) is 0 Å².